The van der Waals surface area contributed by atoms with Gasteiger partial charge in [0.1, 0.15) is 0 Å². The van der Waals surface area contributed by atoms with Crippen LogP contribution in [0.2, 0.25) is 0 Å². The van der Waals surface area contributed by atoms with E-state index < -0.39 is 11.6 Å². The molecule has 1 atom stereocenters. The Balaban J connectivity index is 2.07. The average molecular weight is 283 g/mol. The lowest BCUT2D eigenvalue weighted by Gasteiger charge is -2.37. The second-order valence-electron chi connectivity index (χ2n) is 5.76. The molecule has 0 aromatic heterocycles. The van der Waals surface area contributed by atoms with Crippen molar-refractivity contribution < 1.29 is 13.5 Å². The maximum atomic E-state index is 13.3. The summed E-state index contributed by atoms with van der Waals surface area (Å²) in [5, 5.41) is 3.44. The maximum absolute atomic E-state index is 13.3. The first-order chi connectivity index (χ1) is 9.65. The van der Waals surface area contributed by atoms with Gasteiger partial charge in [0.25, 0.3) is 0 Å². The standard InChI is InChI=1S/C16H23F2NO/c1-2-7-19-11-16(6-3-8-20-12-16)10-13-4-5-14(17)15(18)9-13/h4-5,9,19H,2-3,6-8,10-12H2,1H3. The molecule has 0 radical (unpaired) electrons. The minimum Gasteiger partial charge on any atom is -0.381 e. The van der Waals surface area contributed by atoms with Crippen molar-refractivity contribution in [1.82, 2.24) is 5.32 Å². The van der Waals surface area contributed by atoms with Crippen LogP contribution in [-0.4, -0.2) is 26.3 Å². The normalized spacial score (nSPS) is 22.9. The highest BCUT2D eigenvalue weighted by molar-refractivity contribution is 5.19. The highest BCUT2D eigenvalue weighted by Crippen LogP contribution is 2.32. The molecule has 20 heavy (non-hydrogen) atoms. The number of benzene rings is 1. The lowest BCUT2D eigenvalue weighted by atomic mass is 9.77. The number of ether oxygens (including phenoxy) is 1. The molecular weight excluding hydrogens is 260 g/mol. The predicted octanol–water partition coefficient (Wildman–Crippen LogP) is 3.30. The fraction of sp³-hybridized carbons (Fsp3) is 0.625. The van der Waals surface area contributed by atoms with Gasteiger partial charge in [-0.05, 0) is 49.9 Å². The summed E-state index contributed by atoms with van der Waals surface area (Å²) in [5.74, 6) is -1.55. The highest BCUT2D eigenvalue weighted by Gasteiger charge is 2.32. The summed E-state index contributed by atoms with van der Waals surface area (Å²) < 4.78 is 32.0. The van der Waals surface area contributed by atoms with Crippen LogP contribution in [0.4, 0.5) is 8.78 Å². The van der Waals surface area contributed by atoms with Crippen molar-refractivity contribution in [1.29, 1.82) is 0 Å². The number of nitrogens with one attached hydrogen (secondary N) is 1. The van der Waals surface area contributed by atoms with Gasteiger partial charge in [0.15, 0.2) is 11.6 Å². The van der Waals surface area contributed by atoms with Crippen molar-refractivity contribution in [3.05, 3.63) is 35.4 Å². The van der Waals surface area contributed by atoms with Crippen molar-refractivity contribution in [2.45, 2.75) is 32.6 Å². The van der Waals surface area contributed by atoms with Gasteiger partial charge in [-0.15, -0.1) is 0 Å². The van der Waals surface area contributed by atoms with Gasteiger partial charge in [0.2, 0.25) is 0 Å². The Bertz CT molecular complexity index is 430. The van der Waals surface area contributed by atoms with E-state index in [1.807, 2.05) is 0 Å². The summed E-state index contributed by atoms with van der Waals surface area (Å²) in [5.41, 5.74) is 0.838. The topological polar surface area (TPSA) is 21.3 Å². The van der Waals surface area contributed by atoms with Crippen LogP contribution in [0.5, 0.6) is 0 Å². The van der Waals surface area contributed by atoms with Gasteiger partial charge in [-0.2, -0.15) is 0 Å². The van der Waals surface area contributed by atoms with Crippen LogP contribution in [0.25, 0.3) is 0 Å². The monoisotopic (exact) mass is 283 g/mol. The van der Waals surface area contributed by atoms with E-state index in [4.69, 9.17) is 4.74 Å². The van der Waals surface area contributed by atoms with E-state index >= 15 is 0 Å². The van der Waals surface area contributed by atoms with Gasteiger partial charge in [-0.3, -0.25) is 0 Å². The molecule has 2 nitrogen and oxygen atoms in total. The van der Waals surface area contributed by atoms with Crippen LogP contribution in [0.1, 0.15) is 31.7 Å². The summed E-state index contributed by atoms with van der Waals surface area (Å²) in [6.45, 7) is 5.45. The molecule has 1 N–H and O–H groups in total. The molecule has 0 aliphatic carbocycles. The molecule has 1 heterocycles. The third kappa shape index (κ3) is 4.00. The predicted molar refractivity (Wildman–Crippen MR) is 75.7 cm³/mol. The van der Waals surface area contributed by atoms with Crippen LogP contribution in [0, 0.1) is 17.0 Å². The molecule has 1 unspecified atom stereocenters. The Kier molecular flexibility index (Phi) is 5.49. The van der Waals surface area contributed by atoms with E-state index in [-0.39, 0.29) is 5.41 Å². The molecule has 1 saturated heterocycles. The fourth-order valence-corrected chi connectivity index (χ4v) is 2.86. The zero-order chi connectivity index (χ0) is 14.4. The van der Waals surface area contributed by atoms with Gasteiger partial charge in [-0.25, -0.2) is 8.78 Å². The Labute approximate surface area is 119 Å². The van der Waals surface area contributed by atoms with E-state index in [1.165, 1.54) is 12.1 Å². The van der Waals surface area contributed by atoms with Crippen LogP contribution in [0.15, 0.2) is 18.2 Å². The number of hydrogen-bond donors (Lipinski definition) is 1. The van der Waals surface area contributed by atoms with Crippen LogP contribution in [0.3, 0.4) is 0 Å². The largest absolute Gasteiger partial charge is 0.381 e. The smallest absolute Gasteiger partial charge is 0.159 e. The third-order valence-corrected chi connectivity index (χ3v) is 3.89. The van der Waals surface area contributed by atoms with Crippen molar-refractivity contribution in [2.75, 3.05) is 26.3 Å². The summed E-state index contributed by atoms with van der Waals surface area (Å²) in [6, 6.07) is 4.20. The maximum Gasteiger partial charge on any atom is 0.159 e. The van der Waals surface area contributed by atoms with Gasteiger partial charge in [-0.1, -0.05) is 13.0 Å². The lowest BCUT2D eigenvalue weighted by molar-refractivity contribution is -0.00710. The Morgan fingerprint density at radius 1 is 1.30 bits per heavy atom. The SMILES string of the molecule is CCCNCC1(Cc2ccc(F)c(F)c2)CCCOC1. The molecule has 2 rings (SSSR count). The van der Waals surface area contributed by atoms with Crippen LogP contribution >= 0.6 is 0 Å². The van der Waals surface area contributed by atoms with Crippen molar-refractivity contribution in [3.63, 3.8) is 0 Å². The molecule has 0 amide bonds. The van der Waals surface area contributed by atoms with E-state index in [1.54, 1.807) is 6.07 Å². The van der Waals surface area contributed by atoms with Crippen LogP contribution in [-0.2, 0) is 11.2 Å². The summed E-state index contributed by atoms with van der Waals surface area (Å²) >= 11 is 0. The first-order valence-corrected chi connectivity index (χ1v) is 7.38. The molecule has 1 aromatic carbocycles. The summed E-state index contributed by atoms with van der Waals surface area (Å²) in [6.07, 6.45) is 3.89. The Morgan fingerprint density at radius 3 is 2.80 bits per heavy atom. The first kappa shape index (κ1) is 15.4. The number of rotatable bonds is 6. The fourth-order valence-electron chi connectivity index (χ4n) is 2.86. The molecule has 1 aliphatic rings. The lowest BCUT2D eigenvalue weighted by Crippen LogP contribution is -2.43. The van der Waals surface area contributed by atoms with Gasteiger partial charge >= 0.3 is 0 Å². The van der Waals surface area contributed by atoms with Crippen molar-refractivity contribution in [2.24, 2.45) is 5.41 Å². The average Bonchev–Trinajstić information content (AvgIpc) is 2.44. The van der Waals surface area contributed by atoms with Gasteiger partial charge in [0, 0.05) is 18.6 Å². The van der Waals surface area contributed by atoms with Crippen molar-refractivity contribution >= 4 is 0 Å². The molecule has 0 saturated carbocycles. The molecule has 1 fully saturated rings. The zero-order valence-electron chi connectivity index (χ0n) is 12.1. The molecule has 1 aromatic rings. The molecule has 1 aliphatic heterocycles. The zero-order valence-corrected chi connectivity index (χ0v) is 12.1. The van der Waals surface area contributed by atoms with Crippen molar-refractivity contribution in [3.8, 4) is 0 Å². The van der Waals surface area contributed by atoms with Gasteiger partial charge < -0.3 is 10.1 Å². The molecule has 0 spiro atoms. The molecule has 112 valence electrons. The quantitative estimate of drug-likeness (QED) is 0.809. The minimum atomic E-state index is -0.785. The Hall–Kier alpha value is -1.00. The summed E-state index contributed by atoms with van der Waals surface area (Å²) in [7, 11) is 0. The number of hydrogen-bond acceptors (Lipinski definition) is 2. The first-order valence-electron chi connectivity index (χ1n) is 7.38. The Morgan fingerprint density at radius 2 is 2.15 bits per heavy atom. The second kappa shape index (κ2) is 7.14. The van der Waals surface area contributed by atoms with Gasteiger partial charge in [0.05, 0.1) is 6.61 Å². The van der Waals surface area contributed by atoms with E-state index in [0.29, 0.717) is 6.61 Å². The van der Waals surface area contributed by atoms with Crippen LogP contribution < -0.4 is 5.32 Å². The molecule has 0 bridgehead atoms. The number of halogens is 2. The second-order valence-corrected chi connectivity index (χ2v) is 5.76. The summed E-state index contributed by atoms with van der Waals surface area (Å²) in [4.78, 5) is 0. The highest BCUT2D eigenvalue weighted by atomic mass is 19.2. The minimum absolute atomic E-state index is 0.00229. The molecule has 4 heteroatoms. The molecular formula is C16H23F2NO. The van der Waals surface area contributed by atoms with E-state index in [2.05, 4.69) is 12.2 Å². The third-order valence-electron chi connectivity index (χ3n) is 3.89. The van der Waals surface area contributed by atoms with E-state index in [9.17, 15) is 8.78 Å². The van der Waals surface area contributed by atoms with E-state index in [0.717, 1.165) is 50.9 Å².